The zero-order chi connectivity index (χ0) is 20.1. The number of piperidine rings is 1. The summed E-state index contributed by atoms with van der Waals surface area (Å²) in [6.07, 6.45) is 3.26. The highest BCUT2D eigenvalue weighted by Gasteiger charge is 2.25. The Morgan fingerprint density at radius 2 is 1.83 bits per heavy atom. The second kappa shape index (κ2) is 8.83. The van der Waals surface area contributed by atoms with Crippen LogP contribution in [0.15, 0.2) is 59.0 Å². The van der Waals surface area contributed by atoms with E-state index in [1.165, 1.54) is 5.56 Å². The van der Waals surface area contributed by atoms with Gasteiger partial charge in [-0.25, -0.2) is 0 Å². The van der Waals surface area contributed by atoms with E-state index in [-0.39, 0.29) is 6.61 Å². The number of anilines is 1. The van der Waals surface area contributed by atoms with E-state index in [1.54, 1.807) is 0 Å². The number of aromatic nitrogens is 1. The lowest BCUT2D eigenvalue weighted by Crippen LogP contribution is -2.34. The van der Waals surface area contributed by atoms with Crippen LogP contribution in [0.2, 0.25) is 0 Å². The first-order valence-electron chi connectivity index (χ1n) is 10.1. The van der Waals surface area contributed by atoms with Gasteiger partial charge in [0.2, 0.25) is 17.5 Å². The first-order valence-corrected chi connectivity index (χ1v) is 10.1. The summed E-state index contributed by atoms with van der Waals surface area (Å²) in [7, 11) is 0. The van der Waals surface area contributed by atoms with E-state index >= 15 is 0 Å². The second-order valence-electron chi connectivity index (χ2n) is 7.55. The molecule has 1 aromatic heterocycles. The third-order valence-corrected chi connectivity index (χ3v) is 5.47. The molecule has 0 aliphatic carbocycles. The van der Waals surface area contributed by atoms with Gasteiger partial charge >= 0.3 is 0 Å². The molecule has 1 fully saturated rings. The van der Waals surface area contributed by atoms with Gasteiger partial charge in [0.1, 0.15) is 11.8 Å². The number of para-hydroxylation sites is 1. The summed E-state index contributed by atoms with van der Waals surface area (Å²) in [6.45, 7) is 3.96. The molecule has 2 heterocycles. The molecule has 0 bridgehead atoms. The Labute approximate surface area is 171 Å². The van der Waals surface area contributed by atoms with Crippen molar-refractivity contribution in [2.45, 2.75) is 32.8 Å². The predicted octanol–water partition coefficient (Wildman–Crippen LogP) is 4.89. The van der Waals surface area contributed by atoms with E-state index in [4.69, 9.17) is 9.15 Å². The zero-order valence-corrected chi connectivity index (χ0v) is 16.7. The highest BCUT2D eigenvalue weighted by molar-refractivity contribution is 5.48. The fraction of sp³-hybridized carbons (Fsp3) is 0.333. The number of oxazole rings is 1. The monoisotopic (exact) mass is 387 g/mol. The quantitative estimate of drug-likeness (QED) is 0.602. The lowest BCUT2D eigenvalue weighted by molar-refractivity contribution is 0.261. The van der Waals surface area contributed by atoms with Crippen LogP contribution in [-0.2, 0) is 13.0 Å². The van der Waals surface area contributed by atoms with Crippen molar-refractivity contribution < 1.29 is 9.15 Å². The van der Waals surface area contributed by atoms with Crippen molar-refractivity contribution in [2.24, 2.45) is 5.92 Å². The Hall–Kier alpha value is -3.26. The molecule has 0 spiro atoms. The molecule has 0 saturated carbocycles. The smallest absolute Gasteiger partial charge is 0.236 e. The van der Waals surface area contributed by atoms with Crippen molar-refractivity contribution in [1.82, 2.24) is 4.98 Å². The van der Waals surface area contributed by atoms with Crippen molar-refractivity contribution in [3.63, 3.8) is 0 Å². The fourth-order valence-electron chi connectivity index (χ4n) is 3.85. The average Bonchev–Trinajstić information content (AvgIpc) is 3.18. The Bertz CT molecular complexity index is 983. The molecule has 4 rings (SSSR count). The van der Waals surface area contributed by atoms with E-state index < -0.39 is 0 Å². The summed E-state index contributed by atoms with van der Waals surface area (Å²) in [5.41, 5.74) is 2.79. The fourth-order valence-corrected chi connectivity index (χ4v) is 3.85. The van der Waals surface area contributed by atoms with Gasteiger partial charge in [-0.2, -0.15) is 10.2 Å². The molecule has 0 atom stereocenters. The van der Waals surface area contributed by atoms with Gasteiger partial charge in [0, 0.05) is 13.1 Å². The van der Waals surface area contributed by atoms with Crippen molar-refractivity contribution >= 4 is 5.88 Å². The van der Waals surface area contributed by atoms with Crippen LogP contribution in [0, 0.1) is 24.2 Å². The van der Waals surface area contributed by atoms with E-state index in [1.807, 2.05) is 31.2 Å². The molecule has 0 unspecified atom stereocenters. The van der Waals surface area contributed by atoms with Crippen LogP contribution in [0.3, 0.4) is 0 Å². The topological polar surface area (TPSA) is 62.3 Å². The Balaban J connectivity index is 1.37. The van der Waals surface area contributed by atoms with Crippen molar-refractivity contribution in [2.75, 3.05) is 18.0 Å². The van der Waals surface area contributed by atoms with Crippen molar-refractivity contribution in [3.05, 3.63) is 77.3 Å². The molecule has 0 radical (unpaired) electrons. The number of hydrogen-bond donors (Lipinski definition) is 0. The van der Waals surface area contributed by atoms with E-state index in [0.717, 1.165) is 43.7 Å². The molecule has 0 N–H and O–H groups in total. The number of nitriles is 1. The van der Waals surface area contributed by atoms with Gasteiger partial charge in [0.15, 0.2) is 6.61 Å². The summed E-state index contributed by atoms with van der Waals surface area (Å²) < 4.78 is 11.7. The molecule has 5 heteroatoms. The van der Waals surface area contributed by atoms with Gasteiger partial charge in [-0.15, -0.1) is 0 Å². The first kappa shape index (κ1) is 19.1. The van der Waals surface area contributed by atoms with Crippen LogP contribution < -0.4 is 9.64 Å². The standard InChI is InChI=1S/C24H25N3O2/c1-18-7-5-6-10-22(18)28-17-23-26-21(16-25)24(29-23)27-13-11-20(12-14-27)15-19-8-3-2-4-9-19/h2-10,20H,11-15,17H2,1H3. The molecular formula is C24H25N3O2. The van der Waals surface area contributed by atoms with Gasteiger partial charge in [-0.05, 0) is 49.3 Å². The van der Waals surface area contributed by atoms with E-state index in [0.29, 0.717) is 23.4 Å². The minimum Gasteiger partial charge on any atom is -0.484 e. The van der Waals surface area contributed by atoms with Crippen LogP contribution in [-0.4, -0.2) is 18.1 Å². The molecular weight excluding hydrogens is 362 g/mol. The normalized spacial score (nSPS) is 14.6. The first-order chi connectivity index (χ1) is 14.2. The second-order valence-corrected chi connectivity index (χ2v) is 7.55. The number of rotatable bonds is 6. The van der Waals surface area contributed by atoms with Gasteiger partial charge < -0.3 is 14.1 Å². The maximum Gasteiger partial charge on any atom is 0.236 e. The predicted molar refractivity (Wildman–Crippen MR) is 112 cm³/mol. The van der Waals surface area contributed by atoms with E-state index in [9.17, 15) is 5.26 Å². The number of ether oxygens (including phenoxy) is 1. The van der Waals surface area contributed by atoms with Gasteiger partial charge in [0.05, 0.1) is 0 Å². The number of nitrogens with zero attached hydrogens (tertiary/aromatic N) is 3. The largest absolute Gasteiger partial charge is 0.484 e. The molecule has 5 nitrogen and oxygen atoms in total. The summed E-state index contributed by atoms with van der Waals surface area (Å²) in [4.78, 5) is 6.48. The molecule has 1 aliphatic heterocycles. The van der Waals surface area contributed by atoms with Crippen molar-refractivity contribution in [1.29, 1.82) is 5.26 Å². The van der Waals surface area contributed by atoms with Crippen LogP contribution in [0.4, 0.5) is 5.88 Å². The lowest BCUT2D eigenvalue weighted by Gasteiger charge is -2.31. The molecule has 2 aromatic carbocycles. The maximum atomic E-state index is 9.50. The highest BCUT2D eigenvalue weighted by Crippen LogP contribution is 2.29. The van der Waals surface area contributed by atoms with Gasteiger partial charge in [-0.1, -0.05) is 48.5 Å². The summed E-state index contributed by atoms with van der Waals surface area (Å²) in [5.74, 6) is 2.47. The SMILES string of the molecule is Cc1ccccc1OCc1nc(C#N)c(N2CCC(Cc3ccccc3)CC2)o1. The number of aryl methyl sites for hydroxylation is 1. The average molecular weight is 387 g/mol. The Kier molecular flexibility index (Phi) is 5.81. The Morgan fingerprint density at radius 3 is 2.55 bits per heavy atom. The maximum absolute atomic E-state index is 9.50. The van der Waals surface area contributed by atoms with Gasteiger partial charge in [0.25, 0.3) is 0 Å². The summed E-state index contributed by atoms with van der Waals surface area (Å²) in [6, 6.07) is 20.6. The molecule has 29 heavy (non-hydrogen) atoms. The third kappa shape index (κ3) is 4.60. The lowest BCUT2D eigenvalue weighted by atomic mass is 9.90. The third-order valence-electron chi connectivity index (χ3n) is 5.47. The molecule has 1 saturated heterocycles. The molecule has 3 aromatic rings. The molecule has 1 aliphatic rings. The van der Waals surface area contributed by atoms with Crippen LogP contribution >= 0.6 is 0 Å². The molecule has 0 amide bonds. The number of benzene rings is 2. The van der Waals surface area contributed by atoms with Gasteiger partial charge in [-0.3, -0.25) is 0 Å². The summed E-state index contributed by atoms with van der Waals surface area (Å²) >= 11 is 0. The number of hydrogen-bond acceptors (Lipinski definition) is 5. The van der Waals surface area contributed by atoms with Crippen LogP contribution in [0.5, 0.6) is 5.75 Å². The highest BCUT2D eigenvalue weighted by atomic mass is 16.5. The molecule has 148 valence electrons. The van der Waals surface area contributed by atoms with E-state index in [2.05, 4.69) is 46.3 Å². The van der Waals surface area contributed by atoms with Crippen LogP contribution in [0.25, 0.3) is 0 Å². The van der Waals surface area contributed by atoms with Crippen LogP contribution in [0.1, 0.15) is 35.6 Å². The zero-order valence-electron chi connectivity index (χ0n) is 16.7. The Morgan fingerprint density at radius 1 is 1.10 bits per heavy atom. The minimum absolute atomic E-state index is 0.212. The minimum atomic E-state index is 0.212. The summed E-state index contributed by atoms with van der Waals surface area (Å²) in [5, 5.41) is 9.50. The van der Waals surface area contributed by atoms with Crippen molar-refractivity contribution in [3.8, 4) is 11.8 Å².